The zero-order chi connectivity index (χ0) is 10.8. The zero-order valence-corrected chi connectivity index (χ0v) is 8.49. The summed E-state index contributed by atoms with van der Waals surface area (Å²) in [4.78, 5) is 7.25. The third-order valence-corrected chi connectivity index (χ3v) is 2.31. The molecule has 0 radical (unpaired) electrons. The maximum atomic E-state index is 9.48. The van der Waals surface area contributed by atoms with Crippen LogP contribution in [0.3, 0.4) is 0 Å². The van der Waals surface area contributed by atoms with Gasteiger partial charge in [-0.05, 0) is 25.1 Å². The summed E-state index contributed by atoms with van der Waals surface area (Å²) < 4.78 is 0. The minimum Gasteiger partial charge on any atom is -0.508 e. The lowest BCUT2D eigenvalue weighted by molar-refractivity contribution is 0.468. The number of imidazole rings is 1. The quantitative estimate of drug-likeness (QED) is 0.693. The van der Waals surface area contributed by atoms with Gasteiger partial charge in [0.25, 0.3) is 0 Å². The molecule has 0 amide bonds. The van der Waals surface area contributed by atoms with Gasteiger partial charge in [-0.1, -0.05) is 0 Å². The smallest absolute Gasteiger partial charge is 0.120 e. The molecule has 1 aromatic heterocycles. The number of benzene rings is 1. The van der Waals surface area contributed by atoms with Gasteiger partial charge < -0.3 is 15.8 Å². The number of hydrogen-bond acceptors (Lipinski definition) is 3. The van der Waals surface area contributed by atoms with E-state index in [2.05, 4.69) is 9.97 Å². The van der Waals surface area contributed by atoms with Gasteiger partial charge in [0.15, 0.2) is 0 Å². The Morgan fingerprint density at radius 1 is 1.47 bits per heavy atom. The topological polar surface area (TPSA) is 74.9 Å². The average Bonchev–Trinajstić information content (AvgIpc) is 2.66. The Kier molecular flexibility index (Phi) is 2.43. The van der Waals surface area contributed by atoms with Crippen molar-refractivity contribution in [2.75, 3.05) is 0 Å². The lowest BCUT2D eigenvalue weighted by Gasteiger charge is -2.04. The third kappa shape index (κ3) is 1.85. The predicted octanol–water partition coefficient (Wildman–Crippen LogP) is 1.55. The molecule has 15 heavy (non-hydrogen) atoms. The van der Waals surface area contributed by atoms with Crippen LogP contribution in [0, 0.1) is 6.92 Å². The first-order chi connectivity index (χ1) is 7.20. The number of aromatic nitrogens is 2. The van der Waals surface area contributed by atoms with Gasteiger partial charge in [-0.15, -0.1) is 0 Å². The van der Waals surface area contributed by atoms with E-state index < -0.39 is 0 Å². The fraction of sp³-hybridized carbons (Fsp3) is 0.182. The van der Waals surface area contributed by atoms with Crippen LogP contribution in [-0.2, 0) is 6.54 Å². The van der Waals surface area contributed by atoms with Crippen LogP contribution in [0.1, 0.15) is 11.4 Å². The molecule has 4 heteroatoms. The lowest BCUT2D eigenvalue weighted by Crippen LogP contribution is -1.96. The summed E-state index contributed by atoms with van der Waals surface area (Å²) in [6.07, 6.45) is 1.77. The molecule has 1 aromatic carbocycles. The Morgan fingerprint density at radius 3 is 2.87 bits per heavy atom. The normalized spacial score (nSPS) is 10.5. The molecule has 0 saturated carbocycles. The van der Waals surface area contributed by atoms with Crippen molar-refractivity contribution < 1.29 is 5.11 Å². The summed E-state index contributed by atoms with van der Waals surface area (Å²) in [7, 11) is 0. The minimum atomic E-state index is 0.234. The van der Waals surface area contributed by atoms with E-state index in [-0.39, 0.29) is 5.75 Å². The predicted molar refractivity (Wildman–Crippen MR) is 58.3 cm³/mol. The first-order valence-corrected chi connectivity index (χ1v) is 4.74. The van der Waals surface area contributed by atoms with Crippen molar-refractivity contribution in [3.63, 3.8) is 0 Å². The molecular weight excluding hydrogens is 190 g/mol. The van der Waals surface area contributed by atoms with Gasteiger partial charge in [0.2, 0.25) is 0 Å². The molecule has 0 spiro atoms. The van der Waals surface area contributed by atoms with Crippen LogP contribution in [0.25, 0.3) is 11.3 Å². The Bertz CT molecular complexity index is 476. The monoisotopic (exact) mass is 203 g/mol. The highest BCUT2D eigenvalue weighted by molar-refractivity contribution is 5.61. The summed E-state index contributed by atoms with van der Waals surface area (Å²) in [5.74, 6) is 1.10. The van der Waals surface area contributed by atoms with Crippen molar-refractivity contribution in [2.45, 2.75) is 13.5 Å². The molecule has 0 aliphatic rings. The van der Waals surface area contributed by atoms with Crippen LogP contribution in [0.15, 0.2) is 24.4 Å². The molecular formula is C11H13N3O. The van der Waals surface area contributed by atoms with Crippen LogP contribution in [0.2, 0.25) is 0 Å². The van der Waals surface area contributed by atoms with Crippen molar-refractivity contribution in [2.24, 2.45) is 5.73 Å². The molecule has 0 aliphatic heterocycles. The van der Waals surface area contributed by atoms with E-state index in [0.29, 0.717) is 6.54 Å². The van der Waals surface area contributed by atoms with Gasteiger partial charge in [0, 0.05) is 17.7 Å². The summed E-state index contributed by atoms with van der Waals surface area (Å²) in [5.41, 5.74) is 8.17. The average molecular weight is 203 g/mol. The van der Waals surface area contributed by atoms with Crippen LogP contribution >= 0.6 is 0 Å². The van der Waals surface area contributed by atoms with Gasteiger partial charge in [0.1, 0.15) is 11.6 Å². The minimum absolute atomic E-state index is 0.234. The van der Waals surface area contributed by atoms with Gasteiger partial charge in [-0.2, -0.15) is 0 Å². The van der Waals surface area contributed by atoms with Crippen LogP contribution in [0.5, 0.6) is 5.75 Å². The van der Waals surface area contributed by atoms with E-state index in [4.69, 9.17) is 5.73 Å². The number of hydrogen-bond donors (Lipinski definition) is 3. The van der Waals surface area contributed by atoms with Gasteiger partial charge in [0.05, 0.1) is 11.9 Å². The molecule has 0 atom stereocenters. The van der Waals surface area contributed by atoms with Crippen LogP contribution < -0.4 is 5.73 Å². The molecule has 4 nitrogen and oxygen atoms in total. The number of nitrogens with one attached hydrogen (secondary N) is 1. The molecule has 78 valence electrons. The van der Waals surface area contributed by atoms with Crippen molar-refractivity contribution in [1.82, 2.24) is 9.97 Å². The SMILES string of the molecule is Cc1ncc(-c2ccc(O)c(CN)c2)[nH]1. The molecule has 2 rings (SSSR count). The second-order valence-electron chi connectivity index (χ2n) is 3.43. The third-order valence-electron chi connectivity index (χ3n) is 2.31. The van der Waals surface area contributed by atoms with Crippen molar-refractivity contribution in [3.8, 4) is 17.0 Å². The van der Waals surface area contributed by atoms with Crippen molar-refractivity contribution in [3.05, 3.63) is 35.8 Å². The molecule has 2 aromatic rings. The van der Waals surface area contributed by atoms with E-state index in [9.17, 15) is 5.11 Å². The van der Waals surface area contributed by atoms with Gasteiger partial charge in [-0.3, -0.25) is 0 Å². The van der Waals surface area contributed by atoms with Crippen LogP contribution in [0.4, 0.5) is 0 Å². The summed E-state index contributed by atoms with van der Waals surface area (Å²) >= 11 is 0. The number of aryl methyl sites for hydroxylation is 1. The molecule has 4 N–H and O–H groups in total. The van der Waals surface area contributed by atoms with Gasteiger partial charge >= 0.3 is 0 Å². The highest BCUT2D eigenvalue weighted by atomic mass is 16.3. The first-order valence-electron chi connectivity index (χ1n) is 4.74. The number of nitrogens with two attached hydrogens (primary N) is 1. The fourth-order valence-corrected chi connectivity index (χ4v) is 1.48. The second kappa shape index (κ2) is 3.74. The summed E-state index contributed by atoms with van der Waals surface area (Å²) in [5, 5.41) is 9.48. The largest absolute Gasteiger partial charge is 0.508 e. The van der Waals surface area contributed by atoms with E-state index >= 15 is 0 Å². The second-order valence-corrected chi connectivity index (χ2v) is 3.43. The number of H-pyrrole nitrogens is 1. The Morgan fingerprint density at radius 2 is 2.27 bits per heavy atom. The number of aromatic hydroxyl groups is 1. The Hall–Kier alpha value is -1.81. The Balaban J connectivity index is 2.45. The molecule has 0 saturated heterocycles. The van der Waals surface area contributed by atoms with Crippen molar-refractivity contribution >= 4 is 0 Å². The molecule has 0 aliphatic carbocycles. The first kappa shape index (κ1) is 9.73. The summed E-state index contributed by atoms with van der Waals surface area (Å²) in [6.45, 7) is 2.22. The van der Waals surface area contributed by atoms with Crippen molar-refractivity contribution in [1.29, 1.82) is 0 Å². The summed E-state index contributed by atoms with van der Waals surface area (Å²) in [6, 6.07) is 5.34. The Labute approximate surface area is 87.8 Å². The van der Waals surface area contributed by atoms with E-state index in [0.717, 1.165) is 22.6 Å². The maximum Gasteiger partial charge on any atom is 0.120 e. The highest BCUT2D eigenvalue weighted by Crippen LogP contribution is 2.24. The zero-order valence-electron chi connectivity index (χ0n) is 8.49. The van der Waals surface area contributed by atoms with Crippen LogP contribution in [-0.4, -0.2) is 15.1 Å². The lowest BCUT2D eigenvalue weighted by atomic mass is 10.1. The standard InChI is InChI=1S/C11H13N3O/c1-7-13-6-10(14-7)8-2-3-11(15)9(4-8)5-12/h2-4,6,15H,5,12H2,1H3,(H,13,14). The molecule has 1 heterocycles. The van der Waals surface area contributed by atoms with E-state index in [1.807, 2.05) is 19.1 Å². The molecule has 0 bridgehead atoms. The van der Waals surface area contributed by atoms with E-state index in [1.165, 1.54) is 0 Å². The number of nitrogens with zero attached hydrogens (tertiary/aromatic N) is 1. The molecule has 0 fully saturated rings. The number of phenolic OH excluding ortho intramolecular Hbond substituents is 1. The number of rotatable bonds is 2. The maximum absolute atomic E-state index is 9.48. The van der Waals surface area contributed by atoms with Gasteiger partial charge in [-0.25, -0.2) is 4.98 Å². The molecule has 0 unspecified atom stereocenters. The number of aromatic amines is 1. The fourth-order valence-electron chi connectivity index (χ4n) is 1.48. The van der Waals surface area contributed by atoms with E-state index in [1.54, 1.807) is 12.3 Å². The highest BCUT2D eigenvalue weighted by Gasteiger charge is 2.04. The number of phenols is 1.